The number of carbonyl (C=O) groups is 1. The Balaban J connectivity index is 1.89. The van der Waals surface area contributed by atoms with Crippen molar-refractivity contribution >= 4 is 12.2 Å². The molecule has 5 nitrogen and oxygen atoms in total. The van der Waals surface area contributed by atoms with E-state index in [1.54, 1.807) is 30.3 Å². The van der Waals surface area contributed by atoms with Gasteiger partial charge in [-0.05, 0) is 35.4 Å². The van der Waals surface area contributed by atoms with E-state index in [-0.39, 0.29) is 12.4 Å². The van der Waals surface area contributed by atoms with Crippen LogP contribution in [-0.4, -0.2) is 26.4 Å². The minimum Gasteiger partial charge on any atom is -0.494 e. The van der Waals surface area contributed by atoms with Gasteiger partial charge in [-0.3, -0.25) is 0 Å². The van der Waals surface area contributed by atoms with Crippen LogP contribution in [0.15, 0.2) is 47.6 Å². The predicted molar refractivity (Wildman–Crippen MR) is 83.1 cm³/mol. The zero-order valence-corrected chi connectivity index (χ0v) is 12.8. The van der Waals surface area contributed by atoms with Gasteiger partial charge in [-0.2, -0.15) is 0 Å². The van der Waals surface area contributed by atoms with Crippen LogP contribution in [0.3, 0.4) is 0 Å². The quantitative estimate of drug-likeness (QED) is 0.466. The number of rotatable bonds is 6. The lowest BCUT2D eigenvalue weighted by Gasteiger charge is -2.04. The Bertz CT molecular complexity index is 698. The molecule has 2 aromatic carbocycles. The molecule has 0 radical (unpaired) electrons. The highest BCUT2D eigenvalue weighted by Crippen LogP contribution is 2.18. The lowest BCUT2D eigenvalue weighted by atomic mass is 10.1. The zero-order chi connectivity index (χ0) is 16.7. The van der Waals surface area contributed by atoms with E-state index < -0.39 is 11.8 Å². The number of methoxy groups -OCH3 is 2. The van der Waals surface area contributed by atoms with Gasteiger partial charge in [0.15, 0.2) is 11.6 Å². The van der Waals surface area contributed by atoms with E-state index in [1.807, 2.05) is 0 Å². The summed E-state index contributed by atoms with van der Waals surface area (Å²) in [6.45, 7) is 0.137. The molecule has 0 fully saturated rings. The Morgan fingerprint density at radius 1 is 1.17 bits per heavy atom. The van der Waals surface area contributed by atoms with Crippen molar-refractivity contribution in [3.63, 3.8) is 0 Å². The van der Waals surface area contributed by atoms with E-state index in [2.05, 4.69) is 9.89 Å². The average Bonchev–Trinajstić information content (AvgIpc) is 2.58. The van der Waals surface area contributed by atoms with Crippen molar-refractivity contribution in [1.29, 1.82) is 0 Å². The summed E-state index contributed by atoms with van der Waals surface area (Å²) in [6.07, 6.45) is 1.50. The van der Waals surface area contributed by atoms with Crippen molar-refractivity contribution < 1.29 is 23.5 Å². The largest absolute Gasteiger partial charge is 0.494 e. The fraction of sp³-hybridized carbons (Fsp3) is 0.176. The molecule has 0 N–H and O–H groups in total. The van der Waals surface area contributed by atoms with Gasteiger partial charge in [-0.25, -0.2) is 9.18 Å². The van der Waals surface area contributed by atoms with Gasteiger partial charge in [0.2, 0.25) is 0 Å². The third-order valence-corrected chi connectivity index (χ3v) is 3.06. The predicted octanol–water partition coefficient (Wildman–Crippen LogP) is 3.17. The number of oxime groups is 1. The third kappa shape index (κ3) is 4.54. The number of ether oxygens (including phenoxy) is 2. The Hall–Kier alpha value is -2.89. The fourth-order valence-corrected chi connectivity index (χ4v) is 1.83. The van der Waals surface area contributed by atoms with Gasteiger partial charge in [0, 0.05) is 0 Å². The average molecular weight is 317 g/mol. The standard InChI is InChI=1S/C17H16FNO4/c1-21-16-8-5-13(9-15(16)18)11-23-19-10-12-3-6-14(7-4-12)17(20)22-2/h3-10H,11H2,1-2H3. The van der Waals surface area contributed by atoms with Crippen molar-refractivity contribution in [3.05, 3.63) is 65.0 Å². The van der Waals surface area contributed by atoms with Crippen LogP contribution in [-0.2, 0) is 16.2 Å². The Kier molecular flexibility index (Phi) is 5.68. The fourth-order valence-electron chi connectivity index (χ4n) is 1.83. The molecule has 0 saturated heterocycles. The van der Waals surface area contributed by atoms with E-state index in [4.69, 9.17) is 9.57 Å². The number of hydrogen-bond acceptors (Lipinski definition) is 5. The first-order chi connectivity index (χ1) is 11.1. The number of benzene rings is 2. The maximum absolute atomic E-state index is 13.5. The van der Waals surface area contributed by atoms with Crippen molar-refractivity contribution in [3.8, 4) is 5.75 Å². The Labute approximate surface area is 133 Å². The van der Waals surface area contributed by atoms with Gasteiger partial charge in [0.1, 0.15) is 6.61 Å². The van der Waals surface area contributed by atoms with Crippen LogP contribution in [0.25, 0.3) is 0 Å². The smallest absolute Gasteiger partial charge is 0.337 e. The van der Waals surface area contributed by atoms with Crippen LogP contribution in [0.4, 0.5) is 4.39 Å². The van der Waals surface area contributed by atoms with Crippen LogP contribution in [0.2, 0.25) is 0 Å². The molecule has 2 rings (SSSR count). The molecular weight excluding hydrogens is 301 g/mol. The summed E-state index contributed by atoms with van der Waals surface area (Å²) >= 11 is 0. The summed E-state index contributed by atoms with van der Waals surface area (Å²) in [5.41, 5.74) is 1.86. The van der Waals surface area contributed by atoms with Crippen LogP contribution in [0.1, 0.15) is 21.5 Å². The molecule has 0 atom stereocenters. The molecule has 0 amide bonds. The van der Waals surface area contributed by atoms with E-state index in [0.717, 1.165) is 5.56 Å². The number of hydrogen-bond donors (Lipinski definition) is 0. The number of nitrogens with zero attached hydrogens (tertiary/aromatic N) is 1. The van der Waals surface area contributed by atoms with Gasteiger partial charge < -0.3 is 14.3 Å². The zero-order valence-electron chi connectivity index (χ0n) is 12.8. The second-order valence-corrected chi connectivity index (χ2v) is 4.59. The van der Waals surface area contributed by atoms with Gasteiger partial charge >= 0.3 is 5.97 Å². The highest BCUT2D eigenvalue weighted by atomic mass is 19.1. The lowest BCUT2D eigenvalue weighted by molar-refractivity contribution is 0.0600. The second-order valence-electron chi connectivity index (χ2n) is 4.59. The molecule has 0 aromatic heterocycles. The molecule has 0 heterocycles. The van der Waals surface area contributed by atoms with E-state index in [0.29, 0.717) is 11.1 Å². The summed E-state index contributed by atoms with van der Waals surface area (Å²) < 4.78 is 23.0. The summed E-state index contributed by atoms with van der Waals surface area (Å²) in [4.78, 5) is 16.4. The maximum Gasteiger partial charge on any atom is 0.337 e. The lowest BCUT2D eigenvalue weighted by Crippen LogP contribution is -2.00. The molecule has 0 spiro atoms. The van der Waals surface area contributed by atoms with Gasteiger partial charge in [-0.15, -0.1) is 0 Å². The van der Waals surface area contributed by atoms with Crippen molar-refractivity contribution in [1.82, 2.24) is 0 Å². The van der Waals surface area contributed by atoms with Crippen molar-refractivity contribution in [2.75, 3.05) is 14.2 Å². The molecule has 2 aromatic rings. The van der Waals surface area contributed by atoms with Crippen molar-refractivity contribution in [2.24, 2.45) is 5.16 Å². The van der Waals surface area contributed by atoms with Gasteiger partial charge in [-0.1, -0.05) is 23.4 Å². The topological polar surface area (TPSA) is 57.1 Å². The van der Waals surface area contributed by atoms with E-state index >= 15 is 0 Å². The molecule has 23 heavy (non-hydrogen) atoms. The molecule has 0 bridgehead atoms. The summed E-state index contributed by atoms with van der Waals surface area (Å²) in [5, 5.41) is 3.81. The first kappa shape index (κ1) is 16.5. The molecule has 0 aliphatic heterocycles. The highest BCUT2D eigenvalue weighted by Gasteiger charge is 2.04. The van der Waals surface area contributed by atoms with E-state index in [9.17, 15) is 9.18 Å². The minimum atomic E-state index is -0.448. The van der Waals surface area contributed by atoms with Crippen LogP contribution in [0.5, 0.6) is 5.75 Å². The first-order valence-corrected chi connectivity index (χ1v) is 6.80. The molecule has 0 aliphatic rings. The summed E-state index contributed by atoms with van der Waals surface area (Å²) in [7, 11) is 2.73. The minimum absolute atomic E-state index is 0.137. The normalized spacial score (nSPS) is 10.6. The first-order valence-electron chi connectivity index (χ1n) is 6.80. The second kappa shape index (κ2) is 7.93. The molecule has 6 heteroatoms. The Morgan fingerprint density at radius 2 is 1.91 bits per heavy atom. The molecule has 0 aliphatic carbocycles. The number of carbonyl (C=O) groups excluding carboxylic acids is 1. The van der Waals surface area contributed by atoms with E-state index in [1.165, 1.54) is 32.6 Å². The number of esters is 1. The number of halogens is 1. The van der Waals surface area contributed by atoms with Gasteiger partial charge in [0.25, 0.3) is 0 Å². The molecule has 0 unspecified atom stereocenters. The monoisotopic (exact) mass is 317 g/mol. The van der Waals surface area contributed by atoms with Crippen molar-refractivity contribution in [2.45, 2.75) is 6.61 Å². The SMILES string of the molecule is COC(=O)c1ccc(C=NOCc2ccc(OC)c(F)c2)cc1. The molecule has 0 saturated carbocycles. The molecular formula is C17H16FNO4. The highest BCUT2D eigenvalue weighted by molar-refractivity contribution is 5.90. The molecule has 120 valence electrons. The van der Waals surface area contributed by atoms with Crippen LogP contribution in [0, 0.1) is 5.82 Å². The van der Waals surface area contributed by atoms with Crippen LogP contribution >= 0.6 is 0 Å². The Morgan fingerprint density at radius 3 is 2.52 bits per heavy atom. The summed E-state index contributed by atoms with van der Waals surface area (Å²) in [5.74, 6) is -0.662. The maximum atomic E-state index is 13.5. The van der Waals surface area contributed by atoms with Crippen LogP contribution < -0.4 is 4.74 Å². The van der Waals surface area contributed by atoms with Gasteiger partial charge in [0.05, 0.1) is 26.0 Å². The third-order valence-electron chi connectivity index (χ3n) is 3.06. The summed E-state index contributed by atoms with van der Waals surface area (Å²) in [6, 6.07) is 11.3.